The second-order valence-electron chi connectivity index (χ2n) is 18.0. The Morgan fingerprint density at radius 1 is 0.758 bits per heavy atom. The van der Waals surface area contributed by atoms with Crippen molar-refractivity contribution in [3.63, 3.8) is 0 Å². The number of benzene rings is 4. The highest BCUT2D eigenvalue weighted by Gasteiger charge is 2.41. The van der Waals surface area contributed by atoms with Gasteiger partial charge in [0.2, 0.25) is 11.8 Å². The van der Waals surface area contributed by atoms with Crippen LogP contribution in [0.15, 0.2) is 91.1 Å². The lowest BCUT2D eigenvalue weighted by atomic mass is 9.99. The third-order valence-corrected chi connectivity index (χ3v) is 13.3. The number of nitrogens with zero attached hydrogens (tertiary/aromatic N) is 5. The molecule has 3 saturated heterocycles. The van der Waals surface area contributed by atoms with Gasteiger partial charge >= 0.3 is 6.09 Å². The number of alkyl carbamates (subject to hydrolysis) is 1. The first kappa shape index (κ1) is 41.3. The molecular weight excluding hydrogens is 777 g/mol. The number of imidazole rings is 2. The van der Waals surface area contributed by atoms with E-state index in [4.69, 9.17) is 14.7 Å². The summed E-state index contributed by atoms with van der Waals surface area (Å²) >= 11 is 0. The van der Waals surface area contributed by atoms with Crippen molar-refractivity contribution in [1.82, 2.24) is 40.0 Å². The molecule has 0 saturated carbocycles. The fraction of sp³-hybridized carbons (Fsp3) is 0.420. The summed E-state index contributed by atoms with van der Waals surface area (Å²) in [5, 5.41) is 5.01. The predicted molar refractivity (Wildman–Crippen MR) is 242 cm³/mol. The molecule has 0 radical (unpaired) electrons. The van der Waals surface area contributed by atoms with E-state index in [-0.39, 0.29) is 35.9 Å². The predicted octanol–water partition coefficient (Wildman–Crippen LogP) is 9.34. The first-order chi connectivity index (χ1) is 30.1. The summed E-state index contributed by atoms with van der Waals surface area (Å²) in [6, 6.07) is 28.3. The van der Waals surface area contributed by atoms with Crippen LogP contribution in [0, 0.1) is 11.8 Å². The molecule has 322 valence electrons. The molecule has 0 unspecified atom stereocenters. The minimum absolute atomic E-state index is 0.104. The number of carbonyl (C=O) groups excluding carboxylic acids is 3. The molecule has 4 aromatic carbocycles. The highest BCUT2D eigenvalue weighted by Crippen LogP contribution is 2.39. The van der Waals surface area contributed by atoms with E-state index in [1.807, 2.05) is 49.2 Å². The zero-order valence-electron chi connectivity index (χ0n) is 36.3. The van der Waals surface area contributed by atoms with Gasteiger partial charge in [-0.1, -0.05) is 94.3 Å². The second-order valence-corrected chi connectivity index (χ2v) is 18.0. The SMILES string of the molecule is COC(=O)N[C@H](C(=O)N1CCCCC[C@H]1c1nc2ccc(-c3ccc4cc(-c5cnc([C@@H]6C[C@H](C)CN6C(=O)[C@@H](c6ccccc6)N6CCCC6)[nH]5)ccc4c3)cc2[nH]1)C(C)C. The third-order valence-electron chi connectivity index (χ3n) is 13.3. The molecular formula is C50H58N8O4. The Hall–Kier alpha value is -6.01. The van der Waals surface area contributed by atoms with Gasteiger partial charge in [0.1, 0.15) is 23.7 Å². The number of ether oxygens (including phenoxy) is 1. The average molecular weight is 835 g/mol. The molecule has 3 fully saturated rings. The van der Waals surface area contributed by atoms with E-state index in [2.05, 4.69) is 92.7 Å². The summed E-state index contributed by atoms with van der Waals surface area (Å²) in [7, 11) is 1.31. The van der Waals surface area contributed by atoms with Crippen molar-refractivity contribution in [2.24, 2.45) is 11.8 Å². The zero-order chi connectivity index (χ0) is 42.9. The number of rotatable bonds is 10. The minimum atomic E-state index is -0.693. The highest BCUT2D eigenvalue weighted by molar-refractivity contribution is 5.92. The van der Waals surface area contributed by atoms with E-state index in [1.54, 1.807) is 0 Å². The van der Waals surface area contributed by atoms with E-state index >= 15 is 0 Å². The average Bonchev–Trinajstić information content (AvgIpc) is 4.11. The van der Waals surface area contributed by atoms with Crippen LogP contribution < -0.4 is 5.32 Å². The molecule has 3 aliphatic rings. The van der Waals surface area contributed by atoms with Crippen LogP contribution in [0.1, 0.15) is 101 Å². The number of likely N-dealkylation sites (tertiary alicyclic amines) is 3. The summed E-state index contributed by atoms with van der Waals surface area (Å²) < 4.78 is 4.84. The molecule has 0 aliphatic carbocycles. The Morgan fingerprint density at radius 3 is 2.23 bits per heavy atom. The summed E-state index contributed by atoms with van der Waals surface area (Å²) in [6.07, 6.45) is 8.13. The number of hydrogen-bond donors (Lipinski definition) is 3. The lowest BCUT2D eigenvalue weighted by Gasteiger charge is -2.33. The number of nitrogens with one attached hydrogen (secondary N) is 3. The highest BCUT2D eigenvalue weighted by atomic mass is 16.5. The van der Waals surface area contributed by atoms with Gasteiger partial charge in [-0.3, -0.25) is 14.5 Å². The Balaban J connectivity index is 0.933. The van der Waals surface area contributed by atoms with Crippen molar-refractivity contribution in [2.75, 3.05) is 33.3 Å². The number of carbonyl (C=O) groups is 3. The van der Waals surface area contributed by atoms with Gasteiger partial charge < -0.3 is 29.8 Å². The number of aromatic nitrogens is 4. The maximum Gasteiger partial charge on any atom is 0.407 e. The number of H-pyrrole nitrogens is 2. The summed E-state index contributed by atoms with van der Waals surface area (Å²) in [6.45, 7) is 9.30. The van der Waals surface area contributed by atoms with E-state index in [0.717, 1.165) is 126 Å². The molecule has 62 heavy (non-hydrogen) atoms. The molecule has 5 atom stereocenters. The van der Waals surface area contributed by atoms with Crippen molar-refractivity contribution in [1.29, 1.82) is 0 Å². The van der Waals surface area contributed by atoms with Crippen LogP contribution in [-0.2, 0) is 14.3 Å². The van der Waals surface area contributed by atoms with Gasteiger partial charge in [-0.05, 0) is 109 Å². The smallest absolute Gasteiger partial charge is 0.407 e. The fourth-order valence-corrected chi connectivity index (χ4v) is 10.00. The number of hydrogen-bond acceptors (Lipinski definition) is 7. The van der Waals surface area contributed by atoms with Crippen molar-refractivity contribution in [3.05, 3.63) is 108 Å². The molecule has 12 nitrogen and oxygen atoms in total. The van der Waals surface area contributed by atoms with E-state index in [0.29, 0.717) is 12.5 Å². The number of methoxy groups -OCH3 is 1. The lowest BCUT2D eigenvalue weighted by Crippen LogP contribution is -2.52. The van der Waals surface area contributed by atoms with E-state index in [9.17, 15) is 14.4 Å². The van der Waals surface area contributed by atoms with Crippen LogP contribution in [0.4, 0.5) is 4.79 Å². The Labute approximate surface area is 363 Å². The lowest BCUT2D eigenvalue weighted by molar-refractivity contribution is -0.138. The zero-order valence-corrected chi connectivity index (χ0v) is 36.3. The van der Waals surface area contributed by atoms with Gasteiger partial charge in [0, 0.05) is 18.7 Å². The maximum absolute atomic E-state index is 14.5. The summed E-state index contributed by atoms with van der Waals surface area (Å²) in [4.78, 5) is 64.1. The normalized spacial score (nSPS) is 20.8. The number of amides is 3. The van der Waals surface area contributed by atoms with Gasteiger partial charge in [-0.15, -0.1) is 0 Å². The maximum atomic E-state index is 14.5. The molecule has 9 rings (SSSR count). The van der Waals surface area contributed by atoms with Gasteiger partial charge in [0.25, 0.3) is 0 Å². The van der Waals surface area contributed by atoms with Crippen LogP contribution >= 0.6 is 0 Å². The fourth-order valence-electron chi connectivity index (χ4n) is 10.00. The molecule has 2 aromatic heterocycles. The second kappa shape index (κ2) is 17.8. The molecule has 3 N–H and O–H groups in total. The quantitative estimate of drug-likeness (QED) is 0.125. The molecule has 0 spiro atoms. The Morgan fingerprint density at radius 2 is 1.47 bits per heavy atom. The topological polar surface area (TPSA) is 140 Å². The summed E-state index contributed by atoms with van der Waals surface area (Å²) in [5.74, 6) is 1.93. The first-order valence-electron chi connectivity index (χ1n) is 22.5. The Kier molecular flexibility index (Phi) is 11.8. The Bertz CT molecular complexity index is 2560. The number of fused-ring (bicyclic) bond motifs is 2. The van der Waals surface area contributed by atoms with Crippen molar-refractivity contribution in [2.45, 2.75) is 89.9 Å². The van der Waals surface area contributed by atoms with Crippen molar-refractivity contribution in [3.8, 4) is 22.4 Å². The van der Waals surface area contributed by atoms with Gasteiger partial charge in [0.05, 0.1) is 42.1 Å². The van der Waals surface area contributed by atoms with E-state index in [1.165, 1.54) is 7.11 Å². The van der Waals surface area contributed by atoms with Gasteiger partial charge in [0.15, 0.2) is 0 Å². The van der Waals surface area contributed by atoms with Gasteiger partial charge in [-0.2, -0.15) is 0 Å². The third kappa shape index (κ3) is 8.32. The summed E-state index contributed by atoms with van der Waals surface area (Å²) in [5.41, 5.74) is 6.97. The van der Waals surface area contributed by atoms with Crippen LogP contribution in [0.2, 0.25) is 0 Å². The molecule has 12 heteroatoms. The molecule has 0 bridgehead atoms. The molecule has 6 aromatic rings. The van der Waals surface area contributed by atoms with E-state index < -0.39 is 12.1 Å². The van der Waals surface area contributed by atoms with Crippen LogP contribution in [0.25, 0.3) is 44.2 Å². The monoisotopic (exact) mass is 834 g/mol. The standard InChI is InChI=1S/C50H58N8O4/c1-31(2)44(55-50(61)62-4)48(59)57-24-10-6-9-15-42(57)47-52-39-21-20-37(28-40(39)53-47)35-16-17-36-27-38(19-18-34(36)26-35)41-29-51-46(54-41)43-25-32(3)30-58(43)49(60)45(56-22-11-12-23-56)33-13-7-5-8-14-33/h5,7-8,13-14,16-21,26-29,31-32,42-45H,6,9-12,15,22-25,30H2,1-4H3,(H,51,54)(H,52,53)(H,55,61)/t32-,42-,43-,44-,45+/m0/s1. The van der Waals surface area contributed by atoms with Crippen LogP contribution in [0.3, 0.4) is 0 Å². The van der Waals surface area contributed by atoms with Gasteiger partial charge in [-0.25, -0.2) is 14.8 Å². The number of aromatic amines is 2. The van der Waals surface area contributed by atoms with Crippen molar-refractivity contribution >= 4 is 39.7 Å². The van der Waals surface area contributed by atoms with Crippen molar-refractivity contribution < 1.29 is 19.1 Å². The van der Waals surface area contributed by atoms with Crippen LogP contribution in [-0.4, -0.2) is 91.9 Å². The minimum Gasteiger partial charge on any atom is -0.453 e. The molecule has 3 aliphatic heterocycles. The largest absolute Gasteiger partial charge is 0.453 e. The van der Waals surface area contributed by atoms with Crippen LogP contribution in [0.5, 0.6) is 0 Å². The molecule has 3 amide bonds. The first-order valence-corrected chi connectivity index (χ1v) is 22.5. The molecule has 5 heterocycles.